The highest BCUT2D eigenvalue weighted by molar-refractivity contribution is 5.81. The maximum absolute atomic E-state index is 13.6. The third kappa shape index (κ3) is 5.24. The second-order valence-electron chi connectivity index (χ2n) is 8.87. The molecule has 0 radical (unpaired) electrons. The van der Waals surface area contributed by atoms with E-state index in [1.54, 1.807) is 24.0 Å². The van der Waals surface area contributed by atoms with Gasteiger partial charge in [-0.2, -0.15) is 0 Å². The Labute approximate surface area is 200 Å². The van der Waals surface area contributed by atoms with Crippen LogP contribution in [0.4, 0.5) is 5.95 Å². The Kier molecular flexibility index (Phi) is 7.18. The standard InChI is InChI=1S/C28H31N5O/c1-19(2)22-10-7-11-23(17-22)25-26(21-12-14-30-15-13-21)32-28(33(3)27(25)34)31-18-24(29)16-20-8-5-4-6-9-20/h4-15,17,19,24H,16,18,29H2,1-3H3,(H,31,32)/t24-/m0/s1. The third-order valence-electron chi connectivity index (χ3n) is 5.95. The molecule has 34 heavy (non-hydrogen) atoms. The lowest BCUT2D eigenvalue weighted by atomic mass is 9.95. The minimum atomic E-state index is -0.119. The molecule has 0 unspecified atom stereocenters. The number of hydrogen-bond donors (Lipinski definition) is 2. The maximum Gasteiger partial charge on any atom is 0.263 e. The first-order valence-electron chi connectivity index (χ1n) is 11.6. The molecule has 0 bridgehead atoms. The largest absolute Gasteiger partial charge is 0.354 e. The normalized spacial score (nSPS) is 12.0. The van der Waals surface area contributed by atoms with Crippen molar-refractivity contribution in [1.82, 2.24) is 14.5 Å². The Hall–Kier alpha value is -3.77. The predicted octanol–water partition coefficient (Wildman–Crippen LogP) is 4.61. The van der Waals surface area contributed by atoms with E-state index in [0.29, 0.717) is 29.7 Å². The Morgan fingerprint density at radius 2 is 1.71 bits per heavy atom. The Morgan fingerprint density at radius 1 is 0.971 bits per heavy atom. The number of benzene rings is 2. The zero-order chi connectivity index (χ0) is 24.1. The molecule has 2 aromatic carbocycles. The molecule has 2 heterocycles. The van der Waals surface area contributed by atoms with Crippen molar-refractivity contribution in [1.29, 1.82) is 0 Å². The van der Waals surface area contributed by atoms with E-state index in [9.17, 15) is 4.79 Å². The van der Waals surface area contributed by atoms with Gasteiger partial charge in [0.05, 0.1) is 11.3 Å². The van der Waals surface area contributed by atoms with Crippen LogP contribution in [-0.4, -0.2) is 27.1 Å². The highest BCUT2D eigenvalue weighted by Gasteiger charge is 2.19. The SMILES string of the molecule is CC(C)c1cccc(-c2c(-c3ccncc3)nc(NC[C@@H](N)Cc3ccccc3)n(C)c2=O)c1. The molecule has 0 amide bonds. The van der Waals surface area contributed by atoms with Gasteiger partial charge in [-0.05, 0) is 41.2 Å². The van der Waals surface area contributed by atoms with E-state index in [2.05, 4.69) is 48.4 Å². The van der Waals surface area contributed by atoms with E-state index in [1.165, 1.54) is 11.1 Å². The van der Waals surface area contributed by atoms with Crippen LogP contribution < -0.4 is 16.6 Å². The fourth-order valence-electron chi connectivity index (χ4n) is 4.00. The van der Waals surface area contributed by atoms with Gasteiger partial charge in [0.25, 0.3) is 5.56 Å². The van der Waals surface area contributed by atoms with Gasteiger partial charge >= 0.3 is 0 Å². The van der Waals surface area contributed by atoms with Gasteiger partial charge in [0.1, 0.15) is 0 Å². The summed E-state index contributed by atoms with van der Waals surface area (Å²) in [5, 5.41) is 3.30. The van der Waals surface area contributed by atoms with Crippen LogP contribution in [-0.2, 0) is 13.5 Å². The highest BCUT2D eigenvalue weighted by atomic mass is 16.1. The topological polar surface area (TPSA) is 85.8 Å². The summed E-state index contributed by atoms with van der Waals surface area (Å²) in [5.74, 6) is 0.845. The molecule has 174 valence electrons. The molecule has 0 aliphatic rings. The summed E-state index contributed by atoms with van der Waals surface area (Å²) in [6.07, 6.45) is 4.16. The van der Waals surface area contributed by atoms with Crippen LogP contribution >= 0.6 is 0 Å². The van der Waals surface area contributed by atoms with Crippen molar-refractivity contribution < 1.29 is 0 Å². The van der Waals surface area contributed by atoms with Crippen LogP contribution in [0.5, 0.6) is 0 Å². The van der Waals surface area contributed by atoms with Crippen molar-refractivity contribution in [3.63, 3.8) is 0 Å². The number of rotatable bonds is 8. The van der Waals surface area contributed by atoms with Gasteiger partial charge in [-0.25, -0.2) is 4.98 Å². The van der Waals surface area contributed by atoms with Gasteiger partial charge in [-0.1, -0.05) is 68.4 Å². The molecule has 4 aromatic rings. The summed E-state index contributed by atoms with van der Waals surface area (Å²) >= 11 is 0. The van der Waals surface area contributed by atoms with E-state index in [1.807, 2.05) is 42.5 Å². The molecule has 6 nitrogen and oxygen atoms in total. The van der Waals surface area contributed by atoms with Crippen molar-refractivity contribution in [3.05, 3.63) is 101 Å². The monoisotopic (exact) mass is 453 g/mol. The molecule has 0 saturated carbocycles. The molecule has 0 saturated heterocycles. The molecule has 2 aromatic heterocycles. The zero-order valence-electron chi connectivity index (χ0n) is 19.9. The first kappa shape index (κ1) is 23.4. The Bertz CT molecular complexity index is 1300. The van der Waals surface area contributed by atoms with Crippen molar-refractivity contribution in [3.8, 4) is 22.4 Å². The average molecular weight is 454 g/mol. The lowest BCUT2D eigenvalue weighted by Gasteiger charge is -2.18. The molecule has 6 heteroatoms. The summed E-state index contributed by atoms with van der Waals surface area (Å²) < 4.78 is 1.57. The van der Waals surface area contributed by atoms with E-state index in [4.69, 9.17) is 10.7 Å². The molecular formula is C28H31N5O. The Balaban J connectivity index is 1.72. The minimum absolute atomic E-state index is 0.109. The van der Waals surface area contributed by atoms with Crippen molar-refractivity contribution >= 4 is 5.95 Å². The van der Waals surface area contributed by atoms with Crippen LogP contribution in [0.2, 0.25) is 0 Å². The zero-order valence-corrected chi connectivity index (χ0v) is 19.9. The summed E-state index contributed by atoms with van der Waals surface area (Å²) in [6, 6.07) is 21.9. The minimum Gasteiger partial charge on any atom is -0.354 e. The molecule has 4 rings (SSSR count). The Morgan fingerprint density at radius 3 is 2.41 bits per heavy atom. The quantitative estimate of drug-likeness (QED) is 0.407. The summed E-state index contributed by atoms with van der Waals surface area (Å²) in [5.41, 5.74) is 11.5. The molecule has 0 fully saturated rings. The lowest BCUT2D eigenvalue weighted by molar-refractivity contribution is 0.688. The number of hydrogen-bond acceptors (Lipinski definition) is 5. The molecule has 0 spiro atoms. The lowest BCUT2D eigenvalue weighted by Crippen LogP contribution is -2.34. The molecule has 1 atom stereocenters. The molecule has 3 N–H and O–H groups in total. The van der Waals surface area contributed by atoms with Gasteiger partial charge in [-0.15, -0.1) is 0 Å². The van der Waals surface area contributed by atoms with Crippen molar-refractivity contribution in [2.24, 2.45) is 12.8 Å². The van der Waals surface area contributed by atoms with Crippen LogP contribution in [0.25, 0.3) is 22.4 Å². The molecular weight excluding hydrogens is 422 g/mol. The molecule has 0 aliphatic heterocycles. The van der Waals surface area contributed by atoms with E-state index in [-0.39, 0.29) is 11.6 Å². The number of nitrogens with one attached hydrogen (secondary N) is 1. The van der Waals surface area contributed by atoms with Gasteiger partial charge in [0, 0.05) is 37.6 Å². The van der Waals surface area contributed by atoms with Crippen LogP contribution in [0.3, 0.4) is 0 Å². The summed E-state index contributed by atoms with van der Waals surface area (Å²) in [7, 11) is 1.74. The third-order valence-corrected chi connectivity index (χ3v) is 5.95. The maximum atomic E-state index is 13.6. The first-order chi connectivity index (χ1) is 16.4. The number of pyridine rings is 1. The van der Waals surface area contributed by atoms with Crippen LogP contribution in [0.1, 0.15) is 30.9 Å². The van der Waals surface area contributed by atoms with Gasteiger partial charge in [0.15, 0.2) is 0 Å². The van der Waals surface area contributed by atoms with Crippen molar-refractivity contribution in [2.45, 2.75) is 32.2 Å². The first-order valence-corrected chi connectivity index (χ1v) is 11.6. The predicted molar refractivity (Wildman–Crippen MR) is 139 cm³/mol. The smallest absolute Gasteiger partial charge is 0.263 e. The van der Waals surface area contributed by atoms with E-state index < -0.39 is 0 Å². The number of nitrogens with zero attached hydrogens (tertiary/aromatic N) is 3. The second-order valence-corrected chi connectivity index (χ2v) is 8.87. The molecule has 0 aliphatic carbocycles. The van der Waals surface area contributed by atoms with Gasteiger partial charge in [-0.3, -0.25) is 14.3 Å². The summed E-state index contributed by atoms with van der Waals surface area (Å²) in [4.78, 5) is 22.7. The van der Waals surface area contributed by atoms with Gasteiger partial charge < -0.3 is 11.1 Å². The van der Waals surface area contributed by atoms with Crippen LogP contribution in [0, 0.1) is 0 Å². The van der Waals surface area contributed by atoms with E-state index >= 15 is 0 Å². The fourth-order valence-corrected chi connectivity index (χ4v) is 4.00. The van der Waals surface area contributed by atoms with Crippen LogP contribution in [0.15, 0.2) is 83.9 Å². The van der Waals surface area contributed by atoms with Crippen molar-refractivity contribution in [2.75, 3.05) is 11.9 Å². The number of nitrogens with two attached hydrogens (primary N) is 1. The van der Waals surface area contributed by atoms with Gasteiger partial charge in [0.2, 0.25) is 5.95 Å². The average Bonchev–Trinajstić information content (AvgIpc) is 2.86. The second kappa shape index (κ2) is 10.4. The summed E-state index contributed by atoms with van der Waals surface area (Å²) in [6.45, 7) is 4.78. The highest BCUT2D eigenvalue weighted by Crippen LogP contribution is 2.30. The van der Waals surface area contributed by atoms with E-state index in [0.717, 1.165) is 17.5 Å². The fraction of sp³-hybridized carbons (Fsp3) is 0.250. The number of anilines is 1. The number of aromatic nitrogens is 3.